The normalized spacial score (nSPS) is 21.5. The van der Waals surface area contributed by atoms with E-state index < -0.39 is 22.1 Å². The summed E-state index contributed by atoms with van der Waals surface area (Å²) in [6, 6.07) is 8.07. The number of rotatable bonds is 4. The largest absolute Gasteiger partial charge is 0.495 e. The lowest BCUT2D eigenvalue weighted by Gasteiger charge is -2.49. The standard InChI is InChI=1S/C20H23FN6O3S/c1-20(11-31(28,29)27(2)19(22)26-20)15-9-13(4-5-16(15)21)25-18-17-12(6-7-23-18)8-14(30-3)10-24-17/h4-10,28-29H,11H2,1-3H3,(H2,22,26)(H,23,25)/t20-/m0/s1. The fourth-order valence-electron chi connectivity index (χ4n) is 3.51. The minimum absolute atomic E-state index is 0.0691. The Bertz CT molecular complexity index is 1190. The second-order valence-corrected chi connectivity index (χ2v) is 9.54. The Morgan fingerprint density at radius 3 is 2.74 bits per heavy atom. The number of nitrogens with two attached hydrogens (primary N) is 1. The lowest BCUT2D eigenvalue weighted by atomic mass is 9.93. The van der Waals surface area contributed by atoms with Crippen LogP contribution in [0.1, 0.15) is 12.5 Å². The molecule has 0 saturated heterocycles. The van der Waals surface area contributed by atoms with E-state index in [0.29, 0.717) is 22.8 Å². The molecule has 0 spiro atoms. The van der Waals surface area contributed by atoms with E-state index in [1.807, 2.05) is 12.1 Å². The maximum Gasteiger partial charge on any atom is 0.210 e. The molecule has 1 aliphatic rings. The molecule has 0 amide bonds. The monoisotopic (exact) mass is 446 g/mol. The van der Waals surface area contributed by atoms with Crippen LogP contribution in [0.15, 0.2) is 47.7 Å². The molecule has 31 heavy (non-hydrogen) atoms. The van der Waals surface area contributed by atoms with E-state index in [1.165, 1.54) is 13.1 Å². The summed E-state index contributed by atoms with van der Waals surface area (Å²) < 4.78 is 41.9. The predicted octanol–water partition coefficient (Wildman–Crippen LogP) is 3.66. The highest BCUT2D eigenvalue weighted by Gasteiger charge is 2.41. The number of methoxy groups -OCH3 is 1. The number of anilines is 2. The van der Waals surface area contributed by atoms with Crippen molar-refractivity contribution < 1.29 is 18.2 Å². The third-order valence-corrected chi connectivity index (χ3v) is 7.23. The molecule has 3 heterocycles. The number of hydrogen-bond donors (Lipinski definition) is 4. The van der Waals surface area contributed by atoms with Gasteiger partial charge in [0.05, 0.1) is 19.1 Å². The van der Waals surface area contributed by atoms with Crippen LogP contribution in [0, 0.1) is 5.82 Å². The van der Waals surface area contributed by atoms with Crippen LogP contribution in [0.2, 0.25) is 0 Å². The Balaban J connectivity index is 1.74. The second-order valence-electron chi connectivity index (χ2n) is 7.44. The number of nitrogens with zero attached hydrogens (tertiary/aromatic N) is 4. The molecule has 1 aromatic carbocycles. The number of benzene rings is 1. The number of guanidine groups is 1. The maximum absolute atomic E-state index is 14.8. The summed E-state index contributed by atoms with van der Waals surface area (Å²) in [6.07, 6.45) is 3.22. The van der Waals surface area contributed by atoms with Gasteiger partial charge in [0.2, 0.25) is 5.96 Å². The molecule has 164 valence electrons. The zero-order chi connectivity index (χ0) is 22.4. The van der Waals surface area contributed by atoms with E-state index >= 15 is 0 Å². The van der Waals surface area contributed by atoms with E-state index in [9.17, 15) is 13.5 Å². The molecule has 0 radical (unpaired) electrons. The van der Waals surface area contributed by atoms with Gasteiger partial charge in [0.15, 0.2) is 5.82 Å². The summed E-state index contributed by atoms with van der Waals surface area (Å²) >= 11 is 0. The van der Waals surface area contributed by atoms with Crippen LogP contribution < -0.4 is 15.8 Å². The quantitative estimate of drug-likeness (QED) is 0.478. The first-order valence-electron chi connectivity index (χ1n) is 9.34. The van der Waals surface area contributed by atoms with Crippen molar-refractivity contribution in [3.05, 3.63) is 54.1 Å². The van der Waals surface area contributed by atoms with Crippen LogP contribution >= 0.6 is 10.8 Å². The molecule has 0 bridgehead atoms. The van der Waals surface area contributed by atoms with Crippen molar-refractivity contribution in [1.29, 1.82) is 0 Å². The number of hydrogen-bond acceptors (Lipinski definition) is 9. The van der Waals surface area contributed by atoms with Crippen molar-refractivity contribution in [3.8, 4) is 5.75 Å². The fourth-order valence-corrected chi connectivity index (χ4v) is 5.02. The molecule has 0 unspecified atom stereocenters. The molecule has 2 aromatic heterocycles. The van der Waals surface area contributed by atoms with E-state index in [1.54, 1.807) is 38.6 Å². The van der Waals surface area contributed by atoms with Gasteiger partial charge in [0, 0.05) is 29.9 Å². The van der Waals surface area contributed by atoms with Gasteiger partial charge < -0.3 is 15.8 Å². The molecule has 4 rings (SSSR count). The summed E-state index contributed by atoms with van der Waals surface area (Å²) in [7, 11) is -0.227. The molecule has 3 aromatic rings. The molecule has 5 N–H and O–H groups in total. The highest BCUT2D eigenvalue weighted by atomic mass is 32.3. The van der Waals surface area contributed by atoms with E-state index in [4.69, 9.17) is 10.5 Å². The van der Waals surface area contributed by atoms with E-state index in [2.05, 4.69) is 20.3 Å². The highest BCUT2D eigenvalue weighted by Crippen LogP contribution is 2.51. The van der Waals surface area contributed by atoms with E-state index in [0.717, 1.165) is 9.69 Å². The Kier molecular flexibility index (Phi) is 5.12. The molecule has 0 fully saturated rings. The van der Waals surface area contributed by atoms with Gasteiger partial charge in [-0.1, -0.05) is 0 Å². The highest BCUT2D eigenvalue weighted by molar-refractivity contribution is 8.22. The van der Waals surface area contributed by atoms with Crippen molar-refractivity contribution in [1.82, 2.24) is 14.3 Å². The Labute approximate surface area is 180 Å². The van der Waals surface area contributed by atoms with Crippen molar-refractivity contribution in [2.75, 3.05) is 25.2 Å². The lowest BCUT2D eigenvalue weighted by molar-refractivity contribution is 0.391. The molecule has 1 atom stereocenters. The second kappa shape index (κ2) is 7.52. The first-order valence-corrected chi connectivity index (χ1v) is 11.0. The number of halogens is 1. The van der Waals surface area contributed by atoms with Crippen molar-refractivity contribution in [2.45, 2.75) is 12.5 Å². The Morgan fingerprint density at radius 2 is 2.03 bits per heavy atom. The molecular weight excluding hydrogens is 423 g/mol. The first kappa shape index (κ1) is 21.1. The van der Waals surface area contributed by atoms with Gasteiger partial charge >= 0.3 is 0 Å². The average molecular weight is 447 g/mol. The summed E-state index contributed by atoms with van der Waals surface area (Å²) in [5.74, 6) is 0.321. The number of fused-ring (bicyclic) bond motifs is 1. The number of nitrogens with one attached hydrogen (secondary N) is 1. The van der Waals surface area contributed by atoms with Gasteiger partial charge in [0.25, 0.3) is 0 Å². The third kappa shape index (κ3) is 3.82. The van der Waals surface area contributed by atoms with Gasteiger partial charge in [0.1, 0.15) is 22.6 Å². The predicted molar refractivity (Wildman–Crippen MR) is 120 cm³/mol. The van der Waals surface area contributed by atoms with Crippen LogP contribution in [-0.2, 0) is 5.54 Å². The van der Waals surface area contributed by atoms with Crippen LogP contribution in [0.3, 0.4) is 0 Å². The lowest BCUT2D eigenvalue weighted by Crippen LogP contribution is -2.47. The number of aliphatic imine (C=N–C) groups is 1. The zero-order valence-corrected chi connectivity index (χ0v) is 18.0. The van der Waals surface area contributed by atoms with Crippen LogP contribution in [0.4, 0.5) is 15.9 Å². The SMILES string of the molecule is COc1cnc2c(Nc3ccc(F)c([C@]4(C)CS(O)(O)N(C)C(N)=N4)c3)nccc2c1. The van der Waals surface area contributed by atoms with Crippen LogP contribution in [0.5, 0.6) is 5.75 Å². The summed E-state index contributed by atoms with van der Waals surface area (Å²) in [5.41, 5.74) is 5.97. The van der Waals surface area contributed by atoms with Crippen molar-refractivity contribution in [3.63, 3.8) is 0 Å². The molecule has 11 heteroatoms. The van der Waals surface area contributed by atoms with Gasteiger partial charge in [-0.25, -0.2) is 23.7 Å². The minimum atomic E-state index is -3.23. The Morgan fingerprint density at radius 1 is 1.26 bits per heavy atom. The van der Waals surface area contributed by atoms with E-state index in [-0.39, 0.29) is 17.3 Å². The topological polar surface area (TPSA) is 129 Å². The molecular formula is C20H23FN6O3S. The van der Waals surface area contributed by atoms with Gasteiger partial charge in [-0.05, 0) is 37.3 Å². The average Bonchev–Trinajstić information content (AvgIpc) is 2.72. The molecule has 0 saturated carbocycles. The number of aromatic nitrogens is 2. The van der Waals surface area contributed by atoms with Crippen LogP contribution in [0.25, 0.3) is 10.9 Å². The molecule has 0 aliphatic carbocycles. The summed E-state index contributed by atoms with van der Waals surface area (Å²) in [6.45, 7) is 1.62. The summed E-state index contributed by atoms with van der Waals surface area (Å²) in [5, 5.41) is 3.99. The van der Waals surface area contributed by atoms with Gasteiger partial charge in [-0.2, -0.15) is 0 Å². The van der Waals surface area contributed by atoms with Gasteiger partial charge in [-0.3, -0.25) is 9.11 Å². The minimum Gasteiger partial charge on any atom is -0.495 e. The zero-order valence-electron chi connectivity index (χ0n) is 17.2. The maximum atomic E-state index is 14.8. The molecule has 9 nitrogen and oxygen atoms in total. The van der Waals surface area contributed by atoms with Crippen molar-refractivity contribution in [2.24, 2.45) is 10.7 Å². The van der Waals surface area contributed by atoms with Crippen molar-refractivity contribution >= 4 is 39.1 Å². The Hall–Kier alpha value is -3.15. The summed E-state index contributed by atoms with van der Waals surface area (Å²) in [4.78, 5) is 13.1. The van der Waals surface area contributed by atoms with Crippen LogP contribution in [-0.4, -0.2) is 49.2 Å². The fraction of sp³-hybridized carbons (Fsp3) is 0.250. The number of ether oxygens (including phenoxy) is 1. The number of pyridine rings is 2. The first-order chi connectivity index (χ1) is 14.6. The molecule has 1 aliphatic heterocycles. The smallest absolute Gasteiger partial charge is 0.210 e. The van der Waals surface area contributed by atoms with Gasteiger partial charge in [-0.15, -0.1) is 10.8 Å². The third-order valence-electron chi connectivity index (χ3n) is 5.22.